The van der Waals surface area contributed by atoms with Gasteiger partial charge < -0.3 is 10.4 Å². The molecule has 1 aromatic heterocycles. The summed E-state index contributed by atoms with van der Waals surface area (Å²) in [7, 11) is 0. The molecule has 7 nitrogen and oxygen atoms in total. The molecule has 0 fully saturated rings. The first-order chi connectivity index (χ1) is 9.56. The molecular formula is C13H14N4O3. The van der Waals surface area contributed by atoms with Gasteiger partial charge in [0.25, 0.3) is 5.69 Å². The number of hydrogen-bond acceptors (Lipinski definition) is 6. The molecule has 0 aliphatic carbocycles. The minimum Gasteiger partial charge on any atom is -0.387 e. The fraction of sp³-hybridized carbons (Fsp3) is 0.231. The van der Waals surface area contributed by atoms with Crippen LogP contribution in [-0.2, 0) is 0 Å². The number of hydrogen-bond donors (Lipinski definition) is 2. The van der Waals surface area contributed by atoms with Gasteiger partial charge in [-0.25, -0.2) is 9.97 Å². The van der Waals surface area contributed by atoms with Crippen molar-refractivity contribution in [2.24, 2.45) is 0 Å². The molecule has 0 aliphatic heterocycles. The summed E-state index contributed by atoms with van der Waals surface area (Å²) in [5.41, 5.74) is 1.43. The number of nitrogens with zero attached hydrogens (tertiary/aromatic N) is 3. The Hall–Kier alpha value is -2.54. The van der Waals surface area contributed by atoms with Gasteiger partial charge in [-0.05, 0) is 24.6 Å². The maximum absolute atomic E-state index is 10.5. The molecule has 0 unspecified atom stereocenters. The van der Waals surface area contributed by atoms with Crippen LogP contribution in [0.3, 0.4) is 0 Å². The molecule has 104 valence electrons. The third kappa shape index (κ3) is 3.48. The molecule has 0 aliphatic rings. The lowest BCUT2D eigenvalue weighted by Crippen LogP contribution is -2.13. The molecule has 0 amide bonds. The number of aromatic nitrogens is 2. The van der Waals surface area contributed by atoms with Gasteiger partial charge in [-0.3, -0.25) is 10.1 Å². The Morgan fingerprint density at radius 2 is 2.05 bits per heavy atom. The van der Waals surface area contributed by atoms with Gasteiger partial charge in [0.2, 0.25) is 0 Å². The first-order valence-corrected chi connectivity index (χ1v) is 6.01. The van der Waals surface area contributed by atoms with E-state index in [1.165, 1.54) is 30.6 Å². The normalized spacial score (nSPS) is 11.9. The molecule has 0 radical (unpaired) electrons. The maximum Gasteiger partial charge on any atom is 0.269 e. The van der Waals surface area contributed by atoms with Crippen LogP contribution in [0.2, 0.25) is 0 Å². The largest absolute Gasteiger partial charge is 0.387 e. The van der Waals surface area contributed by atoms with Crippen molar-refractivity contribution in [2.45, 2.75) is 13.0 Å². The third-order valence-corrected chi connectivity index (χ3v) is 2.77. The number of nitro groups is 1. The highest BCUT2D eigenvalue weighted by Crippen LogP contribution is 2.18. The predicted molar refractivity (Wildman–Crippen MR) is 73.3 cm³/mol. The van der Waals surface area contributed by atoms with Crippen LogP contribution in [0, 0.1) is 17.0 Å². The molecule has 20 heavy (non-hydrogen) atoms. The number of non-ortho nitro benzene ring substituents is 1. The van der Waals surface area contributed by atoms with E-state index in [1.807, 2.05) is 6.92 Å². The van der Waals surface area contributed by atoms with Crippen molar-refractivity contribution in [3.8, 4) is 0 Å². The second-order valence-electron chi connectivity index (χ2n) is 4.29. The van der Waals surface area contributed by atoms with E-state index in [4.69, 9.17) is 0 Å². The van der Waals surface area contributed by atoms with Gasteiger partial charge in [0.1, 0.15) is 12.1 Å². The highest BCUT2D eigenvalue weighted by atomic mass is 16.6. The number of rotatable bonds is 5. The molecule has 0 bridgehead atoms. The lowest BCUT2D eigenvalue weighted by Gasteiger charge is -2.12. The van der Waals surface area contributed by atoms with Crippen molar-refractivity contribution < 1.29 is 10.0 Å². The van der Waals surface area contributed by atoms with Gasteiger partial charge in [0, 0.05) is 30.4 Å². The lowest BCUT2D eigenvalue weighted by atomic mass is 10.1. The fourth-order valence-electron chi connectivity index (χ4n) is 1.69. The summed E-state index contributed by atoms with van der Waals surface area (Å²) in [6.07, 6.45) is 0.668. The monoisotopic (exact) mass is 274 g/mol. The summed E-state index contributed by atoms with van der Waals surface area (Å²) in [5, 5.41) is 23.5. The van der Waals surface area contributed by atoms with Crippen LogP contribution in [-0.4, -0.2) is 26.5 Å². The van der Waals surface area contributed by atoms with E-state index in [0.717, 1.165) is 5.69 Å². The average Bonchev–Trinajstić information content (AvgIpc) is 2.45. The van der Waals surface area contributed by atoms with Gasteiger partial charge >= 0.3 is 0 Å². The second kappa shape index (κ2) is 6.07. The fourth-order valence-corrected chi connectivity index (χ4v) is 1.69. The first kappa shape index (κ1) is 13.9. The van der Waals surface area contributed by atoms with E-state index in [9.17, 15) is 15.2 Å². The van der Waals surface area contributed by atoms with Gasteiger partial charge in [0.15, 0.2) is 0 Å². The zero-order valence-corrected chi connectivity index (χ0v) is 10.9. The van der Waals surface area contributed by atoms with Crippen molar-refractivity contribution in [3.63, 3.8) is 0 Å². The number of nitro benzene ring substituents is 1. The van der Waals surface area contributed by atoms with Crippen molar-refractivity contribution in [2.75, 3.05) is 11.9 Å². The van der Waals surface area contributed by atoms with Crippen LogP contribution in [0.15, 0.2) is 36.7 Å². The average molecular weight is 274 g/mol. The standard InChI is InChI=1S/C13H14N4O3/c1-9-6-13(16-8-15-9)14-7-12(18)10-2-4-11(5-3-10)17(19)20/h2-6,8,12,18H,7H2,1H3,(H,14,15,16)/t12-/m1/s1. The summed E-state index contributed by atoms with van der Waals surface area (Å²) >= 11 is 0. The second-order valence-corrected chi connectivity index (χ2v) is 4.29. The number of anilines is 1. The predicted octanol–water partition coefficient (Wildman–Crippen LogP) is 1.84. The van der Waals surface area contributed by atoms with Crippen LogP contribution in [0.25, 0.3) is 0 Å². The molecule has 2 rings (SSSR count). The van der Waals surface area contributed by atoms with Gasteiger partial charge in [-0.15, -0.1) is 0 Å². The van der Waals surface area contributed by atoms with E-state index in [1.54, 1.807) is 6.07 Å². The first-order valence-electron chi connectivity index (χ1n) is 6.01. The number of benzene rings is 1. The molecule has 1 atom stereocenters. The molecule has 0 saturated carbocycles. The van der Waals surface area contributed by atoms with Crippen LogP contribution < -0.4 is 5.32 Å². The molecule has 7 heteroatoms. The topological polar surface area (TPSA) is 101 Å². The minimum absolute atomic E-state index is 0.000310. The number of nitrogens with one attached hydrogen (secondary N) is 1. The summed E-state index contributed by atoms with van der Waals surface area (Å²) in [5.74, 6) is 0.624. The van der Waals surface area contributed by atoms with E-state index < -0.39 is 11.0 Å². The SMILES string of the molecule is Cc1cc(NC[C@@H](O)c2ccc([N+](=O)[O-])cc2)ncn1. The lowest BCUT2D eigenvalue weighted by molar-refractivity contribution is -0.384. The quantitative estimate of drug-likeness (QED) is 0.637. The number of aliphatic hydroxyl groups excluding tert-OH is 1. The molecule has 2 aromatic rings. The molecule has 1 aromatic carbocycles. The Morgan fingerprint density at radius 1 is 1.35 bits per heavy atom. The molecular weight excluding hydrogens is 260 g/mol. The van der Waals surface area contributed by atoms with Crippen LogP contribution >= 0.6 is 0 Å². The maximum atomic E-state index is 10.5. The van der Waals surface area contributed by atoms with Crippen LogP contribution in [0.4, 0.5) is 11.5 Å². The highest BCUT2D eigenvalue weighted by Gasteiger charge is 2.10. The van der Waals surface area contributed by atoms with Crippen molar-refractivity contribution in [1.29, 1.82) is 0 Å². The Bertz CT molecular complexity index is 601. The smallest absolute Gasteiger partial charge is 0.269 e. The Balaban J connectivity index is 1.97. The summed E-state index contributed by atoms with van der Waals surface area (Å²) < 4.78 is 0. The van der Waals surface area contributed by atoms with Crippen molar-refractivity contribution in [3.05, 3.63) is 58.0 Å². The Labute approximate surface area is 115 Å². The zero-order valence-electron chi connectivity index (χ0n) is 10.9. The third-order valence-electron chi connectivity index (χ3n) is 2.77. The summed E-state index contributed by atoms with van der Waals surface area (Å²) in [6.45, 7) is 2.11. The number of aryl methyl sites for hydroxylation is 1. The van der Waals surface area contributed by atoms with Gasteiger partial charge in [-0.2, -0.15) is 0 Å². The molecule has 1 heterocycles. The van der Waals surface area contributed by atoms with Crippen molar-refractivity contribution >= 4 is 11.5 Å². The molecule has 2 N–H and O–H groups in total. The zero-order chi connectivity index (χ0) is 14.5. The number of aliphatic hydroxyl groups is 1. The summed E-state index contributed by atoms with van der Waals surface area (Å²) in [4.78, 5) is 18.1. The van der Waals surface area contributed by atoms with Crippen LogP contribution in [0.5, 0.6) is 0 Å². The minimum atomic E-state index is -0.772. The van der Waals surface area contributed by atoms with Crippen molar-refractivity contribution in [1.82, 2.24) is 9.97 Å². The van der Waals surface area contributed by atoms with E-state index in [0.29, 0.717) is 11.4 Å². The highest BCUT2D eigenvalue weighted by molar-refractivity contribution is 5.37. The van der Waals surface area contributed by atoms with E-state index >= 15 is 0 Å². The van der Waals surface area contributed by atoms with E-state index in [-0.39, 0.29) is 12.2 Å². The molecule has 0 spiro atoms. The Kier molecular flexibility index (Phi) is 4.21. The van der Waals surface area contributed by atoms with Crippen LogP contribution in [0.1, 0.15) is 17.4 Å². The van der Waals surface area contributed by atoms with E-state index in [2.05, 4.69) is 15.3 Å². The van der Waals surface area contributed by atoms with Gasteiger partial charge in [-0.1, -0.05) is 0 Å². The molecule has 0 saturated heterocycles. The van der Waals surface area contributed by atoms with Gasteiger partial charge in [0.05, 0.1) is 11.0 Å². The Morgan fingerprint density at radius 3 is 2.65 bits per heavy atom. The summed E-state index contributed by atoms with van der Waals surface area (Å²) in [6, 6.07) is 7.58.